The lowest BCUT2D eigenvalue weighted by molar-refractivity contribution is -0.163. The minimum Gasteiger partial charge on any atom is -0.478 e. The third-order valence-electron chi connectivity index (χ3n) is 6.45. The Bertz CT molecular complexity index is 980. The molecule has 0 aromatic heterocycles. The van der Waals surface area contributed by atoms with Crippen molar-refractivity contribution in [2.75, 3.05) is 18.4 Å². The number of aromatic carboxylic acids is 1. The summed E-state index contributed by atoms with van der Waals surface area (Å²) in [7, 11) is 0. The molecule has 3 aliphatic heterocycles. The van der Waals surface area contributed by atoms with E-state index in [1.807, 2.05) is 13.0 Å². The van der Waals surface area contributed by atoms with Crippen LogP contribution in [-0.4, -0.2) is 74.6 Å². The summed E-state index contributed by atoms with van der Waals surface area (Å²) < 4.78 is 0. The average molecular weight is 462 g/mol. The number of aliphatic hydroxyl groups is 1. The fourth-order valence-electron chi connectivity index (χ4n) is 4.89. The monoisotopic (exact) mass is 461 g/mol. The van der Waals surface area contributed by atoms with Gasteiger partial charge in [0.2, 0.25) is 5.91 Å². The van der Waals surface area contributed by atoms with Gasteiger partial charge in [0.25, 0.3) is 0 Å². The lowest BCUT2D eigenvalue weighted by Gasteiger charge is -2.46. The van der Waals surface area contributed by atoms with Crippen molar-refractivity contribution in [3.8, 4) is 0 Å². The maximum absolute atomic E-state index is 12.5. The Balaban J connectivity index is 1.39. The number of benzene rings is 1. The Kier molecular flexibility index (Phi) is 6.19. The van der Waals surface area contributed by atoms with Crippen LogP contribution in [0.2, 0.25) is 0 Å². The first-order valence-electron chi connectivity index (χ1n) is 10.6. The topological polar surface area (TPSA) is 139 Å². The highest BCUT2D eigenvalue weighted by Crippen LogP contribution is 2.51. The van der Waals surface area contributed by atoms with Crippen molar-refractivity contribution in [2.24, 2.45) is 11.8 Å². The van der Waals surface area contributed by atoms with E-state index >= 15 is 0 Å². The quantitative estimate of drug-likeness (QED) is 0.364. The normalized spacial score (nSPS) is 30.2. The SMILES string of the molecule is C[C@@H](O)[C@H]1C(=O)N2C(C(=O)O)=C(S[C@@H]3CN[C@H](CNc4cccc(C(=O)O)c4)C3)[C@H](C)[C@H]12. The number of nitrogens with zero attached hydrogens (tertiary/aromatic N) is 1. The summed E-state index contributed by atoms with van der Waals surface area (Å²) in [5.41, 5.74) is 1.01. The smallest absolute Gasteiger partial charge is 0.353 e. The van der Waals surface area contributed by atoms with Crippen LogP contribution >= 0.6 is 11.8 Å². The van der Waals surface area contributed by atoms with Gasteiger partial charge < -0.3 is 30.9 Å². The Morgan fingerprint density at radius 3 is 2.72 bits per heavy atom. The minimum atomic E-state index is -1.11. The zero-order chi connectivity index (χ0) is 23.2. The Hall–Kier alpha value is -2.56. The summed E-state index contributed by atoms with van der Waals surface area (Å²) in [5.74, 6) is -3.10. The molecular formula is C22H27N3O6S. The predicted molar refractivity (Wildman–Crippen MR) is 119 cm³/mol. The summed E-state index contributed by atoms with van der Waals surface area (Å²) in [4.78, 5) is 37.6. The van der Waals surface area contributed by atoms with Gasteiger partial charge in [-0.25, -0.2) is 9.59 Å². The molecule has 1 amide bonds. The van der Waals surface area contributed by atoms with Gasteiger partial charge in [-0.1, -0.05) is 13.0 Å². The van der Waals surface area contributed by atoms with Crippen LogP contribution in [0.25, 0.3) is 0 Å². The highest BCUT2D eigenvalue weighted by atomic mass is 32.2. The predicted octanol–water partition coefficient (Wildman–Crippen LogP) is 1.41. The number of carboxylic acids is 2. The van der Waals surface area contributed by atoms with Gasteiger partial charge in [-0.2, -0.15) is 0 Å². The molecule has 1 aromatic carbocycles. The molecule has 3 aliphatic rings. The van der Waals surface area contributed by atoms with Crippen molar-refractivity contribution in [3.63, 3.8) is 0 Å². The molecule has 0 aliphatic carbocycles. The molecule has 0 spiro atoms. The van der Waals surface area contributed by atoms with E-state index in [0.29, 0.717) is 18.0 Å². The van der Waals surface area contributed by atoms with Crippen LogP contribution < -0.4 is 10.6 Å². The van der Waals surface area contributed by atoms with E-state index in [1.54, 1.807) is 25.1 Å². The van der Waals surface area contributed by atoms with Crippen LogP contribution in [0, 0.1) is 11.8 Å². The van der Waals surface area contributed by atoms with Crippen molar-refractivity contribution >= 4 is 35.3 Å². The van der Waals surface area contributed by atoms with E-state index in [2.05, 4.69) is 10.6 Å². The Morgan fingerprint density at radius 2 is 2.06 bits per heavy atom. The molecule has 32 heavy (non-hydrogen) atoms. The number of anilines is 1. The number of aliphatic hydroxyl groups excluding tert-OH is 1. The minimum absolute atomic E-state index is 0.0569. The first kappa shape index (κ1) is 22.6. The lowest BCUT2D eigenvalue weighted by Crippen LogP contribution is -2.63. The van der Waals surface area contributed by atoms with Crippen LogP contribution in [-0.2, 0) is 9.59 Å². The molecule has 10 heteroatoms. The number of carbonyl (C=O) groups excluding carboxylic acids is 1. The van der Waals surface area contributed by atoms with Gasteiger partial charge >= 0.3 is 11.9 Å². The number of rotatable bonds is 8. The number of β-lactam (4-membered cyclic amide) rings is 1. The van der Waals surface area contributed by atoms with Crippen LogP contribution in [0.15, 0.2) is 34.9 Å². The van der Waals surface area contributed by atoms with E-state index in [0.717, 1.165) is 12.1 Å². The highest BCUT2D eigenvalue weighted by molar-refractivity contribution is 8.03. The number of amides is 1. The van der Waals surface area contributed by atoms with E-state index < -0.39 is 24.0 Å². The van der Waals surface area contributed by atoms with Crippen LogP contribution in [0.5, 0.6) is 0 Å². The third kappa shape index (κ3) is 3.98. The molecule has 5 N–H and O–H groups in total. The fraction of sp³-hybridized carbons (Fsp3) is 0.500. The molecule has 6 atom stereocenters. The fourth-order valence-corrected chi connectivity index (χ4v) is 6.41. The Morgan fingerprint density at radius 1 is 1.31 bits per heavy atom. The number of aliphatic carboxylic acids is 1. The second-order valence-electron chi connectivity index (χ2n) is 8.62. The van der Waals surface area contributed by atoms with E-state index in [-0.39, 0.29) is 40.4 Å². The van der Waals surface area contributed by atoms with Crippen LogP contribution in [0.4, 0.5) is 5.69 Å². The first-order chi connectivity index (χ1) is 15.2. The van der Waals surface area contributed by atoms with Crippen molar-refractivity contribution in [2.45, 2.75) is 43.7 Å². The van der Waals surface area contributed by atoms with Gasteiger partial charge in [0.05, 0.1) is 23.6 Å². The molecule has 9 nitrogen and oxygen atoms in total. The van der Waals surface area contributed by atoms with Gasteiger partial charge in [0, 0.05) is 40.9 Å². The summed E-state index contributed by atoms with van der Waals surface area (Å²) in [6.45, 7) is 4.81. The highest BCUT2D eigenvalue weighted by Gasteiger charge is 2.60. The zero-order valence-corrected chi connectivity index (χ0v) is 18.6. The molecule has 172 valence electrons. The van der Waals surface area contributed by atoms with Gasteiger partial charge in [-0.05, 0) is 31.5 Å². The number of fused-ring (bicyclic) bond motifs is 1. The number of carboxylic acid groups (broad SMARTS) is 2. The average Bonchev–Trinajstić information content (AvgIpc) is 3.28. The summed E-state index contributed by atoms with van der Waals surface area (Å²) in [5, 5.41) is 35.7. The summed E-state index contributed by atoms with van der Waals surface area (Å²) in [6, 6.07) is 6.49. The largest absolute Gasteiger partial charge is 0.478 e. The molecule has 1 aromatic rings. The van der Waals surface area contributed by atoms with Crippen molar-refractivity contribution in [1.82, 2.24) is 10.2 Å². The summed E-state index contributed by atoms with van der Waals surface area (Å²) >= 11 is 1.51. The number of hydrogen-bond acceptors (Lipinski definition) is 7. The van der Waals surface area contributed by atoms with E-state index in [9.17, 15) is 24.6 Å². The molecule has 2 saturated heterocycles. The van der Waals surface area contributed by atoms with E-state index in [1.165, 1.54) is 16.7 Å². The van der Waals surface area contributed by atoms with Crippen molar-refractivity contribution in [3.05, 3.63) is 40.4 Å². The van der Waals surface area contributed by atoms with Crippen molar-refractivity contribution < 1.29 is 29.7 Å². The van der Waals surface area contributed by atoms with E-state index in [4.69, 9.17) is 5.11 Å². The number of hydrogen-bond donors (Lipinski definition) is 5. The third-order valence-corrected chi connectivity index (χ3v) is 7.96. The number of nitrogens with one attached hydrogen (secondary N) is 2. The van der Waals surface area contributed by atoms with Gasteiger partial charge in [0.15, 0.2) is 0 Å². The van der Waals surface area contributed by atoms with Crippen molar-refractivity contribution in [1.29, 1.82) is 0 Å². The molecule has 4 rings (SSSR count). The molecule has 0 unspecified atom stereocenters. The van der Waals surface area contributed by atoms with Gasteiger partial charge in [-0.15, -0.1) is 11.8 Å². The zero-order valence-electron chi connectivity index (χ0n) is 17.8. The van der Waals surface area contributed by atoms with Crippen LogP contribution in [0.1, 0.15) is 30.6 Å². The number of carbonyl (C=O) groups is 3. The second kappa shape index (κ2) is 8.76. The number of thioether (sulfide) groups is 1. The second-order valence-corrected chi connectivity index (χ2v) is 9.96. The Labute approximate surface area is 189 Å². The molecule has 0 saturated carbocycles. The standard InChI is InChI=1S/C22H27N3O6S/c1-10-17-16(11(2)26)20(27)25(17)18(22(30)31)19(10)32-15-7-14(24-9-15)8-23-13-5-3-4-12(6-13)21(28)29/h3-6,10-11,14-17,23-24,26H,7-9H2,1-2H3,(H,28,29)(H,30,31)/t10-,11-,14+,15+,16-,17-/m1/s1. The first-order valence-corrected chi connectivity index (χ1v) is 11.5. The lowest BCUT2D eigenvalue weighted by atomic mass is 9.79. The molecule has 2 fully saturated rings. The van der Waals surface area contributed by atoms with Crippen LogP contribution in [0.3, 0.4) is 0 Å². The molecule has 0 bridgehead atoms. The summed E-state index contributed by atoms with van der Waals surface area (Å²) in [6.07, 6.45) is -0.00785. The maximum Gasteiger partial charge on any atom is 0.353 e. The maximum atomic E-state index is 12.5. The van der Waals surface area contributed by atoms with Gasteiger partial charge in [0.1, 0.15) is 5.70 Å². The van der Waals surface area contributed by atoms with Gasteiger partial charge in [-0.3, -0.25) is 4.79 Å². The molecule has 0 radical (unpaired) electrons. The molecule has 3 heterocycles. The molecular weight excluding hydrogens is 434 g/mol.